The Morgan fingerprint density at radius 3 is 2.11 bits per heavy atom. The van der Waals surface area contributed by atoms with Crippen molar-refractivity contribution in [2.75, 3.05) is 18.1 Å². The number of carbonyl (C=O) groups is 3. The van der Waals surface area contributed by atoms with E-state index in [2.05, 4.69) is 0 Å². The van der Waals surface area contributed by atoms with Crippen molar-refractivity contribution >= 4 is 29.1 Å². The number of aliphatic hydroxyl groups excluding tert-OH is 1. The predicted octanol–water partition coefficient (Wildman–Crippen LogP) is 5.23. The average molecular weight is 516 g/mol. The summed E-state index contributed by atoms with van der Waals surface area (Å²) in [6.45, 7) is 6.53. The maximum Gasteiger partial charge on any atom is 0.338 e. The first-order chi connectivity index (χ1) is 18.2. The molecule has 1 unspecified atom stereocenters. The number of Topliss-reactive ketones (excluding diaryl/α,β-unsaturated/α-hetero) is 1. The van der Waals surface area contributed by atoms with Crippen LogP contribution in [0.2, 0.25) is 0 Å². The van der Waals surface area contributed by atoms with Gasteiger partial charge in [-0.15, -0.1) is 0 Å². The van der Waals surface area contributed by atoms with Crippen LogP contribution in [0.25, 0.3) is 5.76 Å². The molecule has 0 aromatic heterocycles. The van der Waals surface area contributed by atoms with Gasteiger partial charge in [0.2, 0.25) is 0 Å². The molecule has 0 radical (unpaired) electrons. The van der Waals surface area contributed by atoms with Crippen molar-refractivity contribution < 1.29 is 34.1 Å². The maximum atomic E-state index is 13.3. The highest BCUT2D eigenvalue weighted by molar-refractivity contribution is 6.51. The van der Waals surface area contributed by atoms with E-state index in [1.165, 1.54) is 29.2 Å². The summed E-state index contributed by atoms with van der Waals surface area (Å²) in [5.74, 6) is -1.54. The van der Waals surface area contributed by atoms with E-state index in [0.717, 1.165) is 0 Å². The molecule has 1 aliphatic rings. The molecule has 1 fully saturated rings. The van der Waals surface area contributed by atoms with E-state index in [4.69, 9.17) is 9.47 Å². The Kier molecular flexibility index (Phi) is 7.81. The van der Waals surface area contributed by atoms with Gasteiger partial charge in [-0.1, -0.05) is 26.0 Å². The van der Waals surface area contributed by atoms with Crippen molar-refractivity contribution in [2.24, 2.45) is 5.92 Å². The second-order valence-electron chi connectivity index (χ2n) is 9.26. The van der Waals surface area contributed by atoms with Gasteiger partial charge in [0.1, 0.15) is 17.3 Å². The number of hydrogen-bond acceptors (Lipinski definition) is 7. The van der Waals surface area contributed by atoms with E-state index < -0.39 is 23.7 Å². The Morgan fingerprint density at radius 2 is 1.53 bits per heavy atom. The van der Waals surface area contributed by atoms with Crippen LogP contribution in [-0.2, 0) is 14.3 Å². The normalized spacial score (nSPS) is 16.6. The summed E-state index contributed by atoms with van der Waals surface area (Å²) in [6.07, 6.45) is 0. The predicted molar refractivity (Wildman–Crippen MR) is 142 cm³/mol. The summed E-state index contributed by atoms with van der Waals surface area (Å²) in [5, 5.41) is 21.1. The molecule has 3 aromatic carbocycles. The summed E-state index contributed by atoms with van der Waals surface area (Å²) in [6, 6.07) is 17.8. The maximum absolute atomic E-state index is 13.3. The number of phenols is 1. The highest BCUT2D eigenvalue weighted by Gasteiger charge is 2.47. The Bertz CT molecular complexity index is 1360. The lowest BCUT2D eigenvalue weighted by Gasteiger charge is -2.25. The third-order valence-corrected chi connectivity index (χ3v) is 6.02. The van der Waals surface area contributed by atoms with Crippen molar-refractivity contribution in [1.29, 1.82) is 0 Å². The molecule has 1 saturated heterocycles. The van der Waals surface area contributed by atoms with Crippen LogP contribution in [0.15, 0.2) is 78.4 Å². The highest BCUT2D eigenvalue weighted by Crippen LogP contribution is 2.42. The van der Waals surface area contributed by atoms with Gasteiger partial charge in [0.15, 0.2) is 0 Å². The summed E-state index contributed by atoms with van der Waals surface area (Å²) in [5.41, 5.74) is 1.42. The number of benzene rings is 3. The number of ether oxygens (including phenoxy) is 2. The molecule has 3 aromatic rings. The molecule has 196 valence electrons. The first-order valence-corrected chi connectivity index (χ1v) is 12.3. The number of aliphatic hydroxyl groups is 1. The Balaban J connectivity index is 1.78. The first kappa shape index (κ1) is 26.5. The summed E-state index contributed by atoms with van der Waals surface area (Å²) in [7, 11) is 0. The first-order valence-electron chi connectivity index (χ1n) is 12.3. The van der Waals surface area contributed by atoms with Crippen LogP contribution in [0.1, 0.15) is 48.3 Å². The van der Waals surface area contributed by atoms with E-state index in [1.807, 2.05) is 13.8 Å². The number of anilines is 1. The second kappa shape index (κ2) is 11.2. The van der Waals surface area contributed by atoms with Gasteiger partial charge in [-0.25, -0.2) is 4.79 Å². The zero-order chi connectivity index (χ0) is 27.4. The van der Waals surface area contributed by atoms with Gasteiger partial charge in [0, 0.05) is 11.3 Å². The van der Waals surface area contributed by atoms with Crippen molar-refractivity contribution in [3.63, 3.8) is 0 Å². The van der Waals surface area contributed by atoms with Crippen LogP contribution in [-0.4, -0.2) is 41.1 Å². The molecule has 0 bridgehead atoms. The van der Waals surface area contributed by atoms with Gasteiger partial charge in [-0.2, -0.15) is 0 Å². The van der Waals surface area contributed by atoms with Crippen LogP contribution >= 0.6 is 0 Å². The third-order valence-electron chi connectivity index (χ3n) is 6.02. The summed E-state index contributed by atoms with van der Waals surface area (Å²) in [4.78, 5) is 39.9. The van der Waals surface area contributed by atoms with Crippen molar-refractivity contribution in [3.8, 4) is 11.5 Å². The number of ketones is 1. The fourth-order valence-electron chi connectivity index (χ4n) is 4.17. The molecule has 0 saturated carbocycles. The monoisotopic (exact) mass is 515 g/mol. The number of amides is 1. The number of nitrogens with zero attached hydrogens (tertiary/aromatic N) is 1. The summed E-state index contributed by atoms with van der Waals surface area (Å²) < 4.78 is 10.7. The van der Waals surface area contributed by atoms with Gasteiger partial charge in [-0.05, 0) is 79.1 Å². The minimum absolute atomic E-state index is 0.0153. The van der Waals surface area contributed by atoms with Crippen LogP contribution in [0, 0.1) is 5.92 Å². The highest BCUT2D eigenvalue weighted by atomic mass is 16.5. The van der Waals surface area contributed by atoms with Crippen molar-refractivity contribution in [2.45, 2.75) is 26.8 Å². The zero-order valence-electron chi connectivity index (χ0n) is 21.4. The number of esters is 1. The van der Waals surface area contributed by atoms with Gasteiger partial charge in [0.25, 0.3) is 11.7 Å². The molecule has 1 heterocycles. The fourth-order valence-corrected chi connectivity index (χ4v) is 4.17. The van der Waals surface area contributed by atoms with E-state index in [1.54, 1.807) is 55.5 Å². The lowest BCUT2D eigenvalue weighted by atomic mass is 9.95. The van der Waals surface area contributed by atoms with Crippen LogP contribution in [0.3, 0.4) is 0 Å². The van der Waals surface area contributed by atoms with Gasteiger partial charge >= 0.3 is 5.97 Å². The number of phenolic OH excluding ortho intramolecular Hbond substituents is 1. The van der Waals surface area contributed by atoms with Crippen LogP contribution < -0.4 is 9.64 Å². The minimum atomic E-state index is -0.971. The van der Waals surface area contributed by atoms with Crippen molar-refractivity contribution in [3.05, 3.63) is 95.1 Å². The molecule has 2 N–H and O–H groups in total. The van der Waals surface area contributed by atoms with Crippen molar-refractivity contribution in [1.82, 2.24) is 0 Å². The molecule has 8 nitrogen and oxygen atoms in total. The standard InChI is InChI=1S/C30H29NO7/c1-4-37-30(36)21-5-11-22(12-6-21)31-26(19-7-13-23(32)14-8-19)25(28(34)29(31)35)27(33)20-9-15-24(16-10-20)38-17-18(2)3/h5-16,18,26,32-33H,4,17H2,1-3H3/b27-25+. The SMILES string of the molecule is CCOC(=O)c1ccc(N2C(=O)C(=O)/C(=C(/O)c3ccc(OCC(C)C)cc3)C2c2ccc(O)cc2)cc1. The molecule has 0 spiro atoms. The molecule has 1 aliphatic heterocycles. The van der Waals surface area contributed by atoms with Gasteiger partial charge < -0.3 is 19.7 Å². The largest absolute Gasteiger partial charge is 0.508 e. The quantitative estimate of drug-likeness (QED) is 0.183. The molecule has 4 rings (SSSR count). The Labute approximate surface area is 220 Å². The number of carbonyl (C=O) groups excluding carboxylic acids is 3. The van der Waals surface area contributed by atoms with Gasteiger partial charge in [-0.3, -0.25) is 14.5 Å². The topological polar surface area (TPSA) is 113 Å². The minimum Gasteiger partial charge on any atom is -0.508 e. The molecular formula is C30H29NO7. The molecular weight excluding hydrogens is 486 g/mol. The zero-order valence-corrected chi connectivity index (χ0v) is 21.4. The molecule has 8 heteroatoms. The second-order valence-corrected chi connectivity index (χ2v) is 9.26. The van der Waals surface area contributed by atoms with E-state index in [0.29, 0.717) is 40.7 Å². The smallest absolute Gasteiger partial charge is 0.338 e. The van der Waals surface area contributed by atoms with Gasteiger partial charge in [0.05, 0.1) is 30.4 Å². The van der Waals surface area contributed by atoms with E-state index in [-0.39, 0.29) is 23.7 Å². The van der Waals surface area contributed by atoms with Crippen LogP contribution in [0.4, 0.5) is 5.69 Å². The van der Waals surface area contributed by atoms with E-state index in [9.17, 15) is 24.6 Å². The lowest BCUT2D eigenvalue weighted by Crippen LogP contribution is -2.29. The Morgan fingerprint density at radius 1 is 0.921 bits per heavy atom. The number of rotatable bonds is 8. The van der Waals surface area contributed by atoms with E-state index >= 15 is 0 Å². The molecule has 1 atom stereocenters. The fraction of sp³-hybridized carbons (Fsp3) is 0.233. The molecule has 38 heavy (non-hydrogen) atoms. The third kappa shape index (κ3) is 5.39. The number of hydrogen-bond donors (Lipinski definition) is 2. The average Bonchev–Trinajstić information content (AvgIpc) is 3.18. The number of aromatic hydroxyl groups is 1. The van der Waals surface area contributed by atoms with Crippen LogP contribution in [0.5, 0.6) is 11.5 Å². The summed E-state index contributed by atoms with van der Waals surface area (Å²) >= 11 is 0. The lowest BCUT2D eigenvalue weighted by molar-refractivity contribution is -0.132. The molecule has 0 aliphatic carbocycles. The Hall–Kier alpha value is -4.59. The molecule has 1 amide bonds.